The van der Waals surface area contributed by atoms with Crippen molar-refractivity contribution in [3.05, 3.63) is 23.0 Å². The monoisotopic (exact) mass is 174 g/mol. The van der Waals surface area contributed by atoms with Crippen LogP contribution in [0.4, 0.5) is 4.39 Å². The van der Waals surface area contributed by atoms with Gasteiger partial charge in [-0.3, -0.25) is 0 Å². The molecule has 0 atom stereocenters. The zero-order valence-corrected chi connectivity index (χ0v) is 7.06. The second-order valence-corrected chi connectivity index (χ2v) is 3.07. The van der Waals surface area contributed by atoms with Crippen LogP contribution in [0.3, 0.4) is 0 Å². The van der Waals surface area contributed by atoms with Crippen molar-refractivity contribution >= 4 is 11.6 Å². The lowest BCUT2D eigenvalue weighted by Crippen LogP contribution is -2.10. The fourth-order valence-electron chi connectivity index (χ4n) is 0.758. The molecule has 1 aromatic heterocycles. The third-order valence-corrected chi connectivity index (χ3v) is 1.60. The van der Waals surface area contributed by atoms with Crippen LogP contribution in [-0.2, 0) is 5.67 Å². The van der Waals surface area contributed by atoms with Crippen LogP contribution in [0.15, 0.2) is 12.3 Å². The quantitative estimate of drug-likeness (QED) is 0.653. The highest BCUT2D eigenvalue weighted by Crippen LogP contribution is 2.28. The van der Waals surface area contributed by atoms with Gasteiger partial charge in [-0.2, -0.15) is 5.10 Å². The highest BCUT2D eigenvalue weighted by atomic mass is 35.5. The topological polar surface area (TPSA) is 25.8 Å². The van der Waals surface area contributed by atoms with Crippen molar-refractivity contribution in [1.82, 2.24) is 10.2 Å². The molecule has 0 spiro atoms. The van der Waals surface area contributed by atoms with Crippen molar-refractivity contribution in [2.45, 2.75) is 19.5 Å². The van der Waals surface area contributed by atoms with E-state index in [-0.39, 0.29) is 5.15 Å². The van der Waals surface area contributed by atoms with Gasteiger partial charge in [-0.15, -0.1) is 5.10 Å². The highest BCUT2D eigenvalue weighted by Gasteiger charge is 2.22. The predicted octanol–water partition coefficient (Wildman–Crippen LogP) is 2.33. The van der Waals surface area contributed by atoms with E-state index in [1.54, 1.807) is 0 Å². The van der Waals surface area contributed by atoms with Crippen LogP contribution in [0, 0.1) is 0 Å². The molecule has 0 aliphatic carbocycles. The van der Waals surface area contributed by atoms with E-state index in [0.29, 0.717) is 5.56 Å². The van der Waals surface area contributed by atoms with E-state index in [2.05, 4.69) is 10.2 Å². The van der Waals surface area contributed by atoms with E-state index in [9.17, 15) is 4.39 Å². The molecule has 0 amide bonds. The molecule has 1 aromatic rings. The molecule has 0 aliphatic heterocycles. The molecule has 0 unspecified atom stereocenters. The molecule has 0 N–H and O–H groups in total. The summed E-state index contributed by atoms with van der Waals surface area (Å²) in [4.78, 5) is 0. The first kappa shape index (κ1) is 8.40. The van der Waals surface area contributed by atoms with Crippen LogP contribution in [0.25, 0.3) is 0 Å². The number of alkyl halides is 1. The maximum atomic E-state index is 13.2. The van der Waals surface area contributed by atoms with E-state index in [4.69, 9.17) is 11.6 Å². The first-order valence-corrected chi connectivity index (χ1v) is 3.56. The third kappa shape index (κ3) is 1.87. The first-order valence-electron chi connectivity index (χ1n) is 3.18. The first-order chi connectivity index (χ1) is 5.02. The van der Waals surface area contributed by atoms with Gasteiger partial charge in [-0.1, -0.05) is 11.6 Å². The second-order valence-electron chi connectivity index (χ2n) is 2.71. The van der Waals surface area contributed by atoms with E-state index in [1.165, 1.54) is 26.1 Å². The molecular weight excluding hydrogens is 167 g/mol. The standard InChI is InChI=1S/C7H8ClFN2/c1-7(2,9)5-3-4-10-11-6(5)8/h3-4H,1-2H3. The average Bonchev–Trinajstić information content (AvgIpc) is 1.86. The molecule has 4 heteroatoms. The second kappa shape index (κ2) is 2.74. The molecule has 0 saturated heterocycles. The van der Waals surface area contributed by atoms with Crippen molar-refractivity contribution in [2.75, 3.05) is 0 Å². The summed E-state index contributed by atoms with van der Waals surface area (Å²) >= 11 is 5.60. The van der Waals surface area contributed by atoms with Crippen molar-refractivity contribution < 1.29 is 4.39 Å². The van der Waals surface area contributed by atoms with Crippen molar-refractivity contribution in [2.24, 2.45) is 0 Å². The van der Waals surface area contributed by atoms with E-state index >= 15 is 0 Å². The molecule has 0 radical (unpaired) electrons. The van der Waals surface area contributed by atoms with Gasteiger partial charge in [0.15, 0.2) is 5.15 Å². The molecule has 0 saturated carbocycles. The Morgan fingerprint density at radius 3 is 2.55 bits per heavy atom. The van der Waals surface area contributed by atoms with Gasteiger partial charge in [0.05, 0.1) is 6.20 Å². The van der Waals surface area contributed by atoms with Gasteiger partial charge < -0.3 is 0 Å². The number of halogens is 2. The lowest BCUT2D eigenvalue weighted by molar-refractivity contribution is 0.220. The molecular formula is C7H8ClFN2. The molecule has 0 bridgehead atoms. The molecule has 2 nitrogen and oxygen atoms in total. The molecule has 0 aliphatic rings. The summed E-state index contributed by atoms with van der Waals surface area (Å²) < 4.78 is 13.2. The van der Waals surface area contributed by atoms with Crippen molar-refractivity contribution in [1.29, 1.82) is 0 Å². The fraction of sp³-hybridized carbons (Fsp3) is 0.429. The Morgan fingerprint density at radius 1 is 1.55 bits per heavy atom. The summed E-state index contributed by atoms with van der Waals surface area (Å²) in [6, 6.07) is 1.52. The maximum Gasteiger partial charge on any atom is 0.158 e. The van der Waals surface area contributed by atoms with Gasteiger partial charge >= 0.3 is 0 Å². The normalized spacial score (nSPS) is 11.6. The van der Waals surface area contributed by atoms with Crippen molar-refractivity contribution in [3.63, 3.8) is 0 Å². The summed E-state index contributed by atoms with van der Waals surface area (Å²) in [6.45, 7) is 2.85. The van der Waals surface area contributed by atoms with Crippen LogP contribution in [0.2, 0.25) is 5.15 Å². The Labute approximate surface area is 69.4 Å². The summed E-state index contributed by atoms with van der Waals surface area (Å²) in [5.41, 5.74) is -1.08. The number of rotatable bonds is 1. The minimum Gasteiger partial charge on any atom is -0.239 e. The average molecular weight is 175 g/mol. The van der Waals surface area contributed by atoms with Gasteiger partial charge in [-0.25, -0.2) is 4.39 Å². The number of aromatic nitrogens is 2. The Hall–Kier alpha value is -0.700. The van der Waals surface area contributed by atoms with Crippen LogP contribution in [-0.4, -0.2) is 10.2 Å². The lowest BCUT2D eigenvalue weighted by atomic mass is 10.0. The van der Waals surface area contributed by atoms with Crippen LogP contribution < -0.4 is 0 Å². The lowest BCUT2D eigenvalue weighted by Gasteiger charge is -2.13. The van der Waals surface area contributed by atoms with Gasteiger partial charge in [0.25, 0.3) is 0 Å². The fourth-order valence-corrected chi connectivity index (χ4v) is 1.09. The zero-order valence-electron chi connectivity index (χ0n) is 6.31. The third-order valence-electron chi connectivity index (χ3n) is 1.32. The van der Waals surface area contributed by atoms with Gasteiger partial charge in [0.1, 0.15) is 5.67 Å². The summed E-state index contributed by atoms with van der Waals surface area (Å²) in [6.07, 6.45) is 1.42. The zero-order chi connectivity index (χ0) is 8.48. The number of hydrogen-bond donors (Lipinski definition) is 0. The predicted molar refractivity (Wildman–Crippen MR) is 41.2 cm³/mol. The van der Waals surface area contributed by atoms with Gasteiger partial charge in [0.2, 0.25) is 0 Å². The molecule has 11 heavy (non-hydrogen) atoms. The minimum atomic E-state index is -1.45. The largest absolute Gasteiger partial charge is 0.239 e. The molecule has 60 valence electrons. The highest BCUT2D eigenvalue weighted by molar-refractivity contribution is 6.30. The Morgan fingerprint density at radius 2 is 2.18 bits per heavy atom. The molecule has 1 heterocycles. The van der Waals surface area contributed by atoms with Crippen LogP contribution in [0.1, 0.15) is 19.4 Å². The summed E-state index contributed by atoms with van der Waals surface area (Å²) in [5, 5.41) is 7.16. The van der Waals surface area contributed by atoms with E-state index in [1.807, 2.05) is 0 Å². The van der Waals surface area contributed by atoms with Crippen LogP contribution in [0.5, 0.6) is 0 Å². The summed E-state index contributed by atoms with van der Waals surface area (Å²) in [5.74, 6) is 0. The van der Waals surface area contributed by atoms with E-state index in [0.717, 1.165) is 0 Å². The Bertz CT molecular complexity index is 257. The SMILES string of the molecule is CC(C)(F)c1ccnnc1Cl. The molecule has 1 rings (SSSR count). The number of nitrogens with zero attached hydrogens (tertiary/aromatic N) is 2. The molecule has 0 fully saturated rings. The smallest absolute Gasteiger partial charge is 0.158 e. The Kier molecular flexibility index (Phi) is 2.09. The maximum absolute atomic E-state index is 13.2. The van der Waals surface area contributed by atoms with Gasteiger partial charge in [0, 0.05) is 5.56 Å². The Balaban J connectivity index is 3.14. The van der Waals surface area contributed by atoms with E-state index < -0.39 is 5.67 Å². The molecule has 0 aromatic carbocycles. The summed E-state index contributed by atoms with van der Waals surface area (Å²) in [7, 11) is 0. The van der Waals surface area contributed by atoms with Crippen molar-refractivity contribution in [3.8, 4) is 0 Å². The minimum absolute atomic E-state index is 0.125. The van der Waals surface area contributed by atoms with Crippen LogP contribution >= 0.6 is 11.6 Å². The number of hydrogen-bond acceptors (Lipinski definition) is 2. The van der Waals surface area contributed by atoms with Gasteiger partial charge in [-0.05, 0) is 19.9 Å².